The molecular formula is C34H46N4. The third-order valence-corrected chi connectivity index (χ3v) is 6.37. The van der Waals surface area contributed by atoms with Crippen LogP contribution in [0.5, 0.6) is 0 Å². The molecule has 2 aliphatic heterocycles. The van der Waals surface area contributed by atoms with Crippen molar-refractivity contribution in [1.29, 1.82) is 0 Å². The van der Waals surface area contributed by atoms with Crippen LogP contribution >= 0.6 is 0 Å². The molecule has 0 spiro atoms. The van der Waals surface area contributed by atoms with Gasteiger partial charge in [0.2, 0.25) is 0 Å². The lowest BCUT2D eigenvalue weighted by Gasteiger charge is -2.24. The molecule has 0 N–H and O–H groups in total. The van der Waals surface area contributed by atoms with Gasteiger partial charge in [-0.25, -0.2) is 4.98 Å². The van der Waals surface area contributed by atoms with E-state index in [1.807, 2.05) is 66.2 Å². The topological polar surface area (TPSA) is 41.4 Å². The minimum absolute atomic E-state index is 0.756. The summed E-state index contributed by atoms with van der Waals surface area (Å²) in [6, 6.07) is 6.76. The number of fused-ring (bicyclic) bond motifs is 3. The molecule has 0 unspecified atom stereocenters. The zero-order valence-electron chi connectivity index (χ0n) is 24.9. The number of hydrogen-bond acceptors (Lipinski definition) is 4. The minimum atomic E-state index is 0.756. The quantitative estimate of drug-likeness (QED) is 0.310. The number of aromatic nitrogens is 2. The minimum Gasteiger partial charge on any atom is -0.298 e. The van der Waals surface area contributed by atoms with Gasteiger partial charge in [0, 0.05) is 41.7 Å². The van der Waals surface area contributed by atoms with Gasteiger partial charge in [0.15, 0.2) is 0 Å². The van der Waals surface area contributed by atoms with Crippen molar-refractivity contribution in [3.05, 3.63) is 89.4 Å². The maximum absolute atomic E-state index is 4.88. The van der Waals surface area contributed by atoms with Crippen molar-refractivity contribution in [2.24, 2.45) is 4.99 Å². The van der Waals surface area contributed by atoms with Crippen molar-refractivity contribution in [1.82, 2.24) is 9.97 Å². The van der Waals surface area contributed by atoms with Crippen LogP contribution in [-0.2, 0) is 19.3 Å². The number of aryl methyl sites for hydroxylation is 3. The molecule has 38 heavy (non-hydrogen) atoms. The molecule has 4 heteroatoms. The highest BCUT2D eigenvalue weighted by atomic mass is 15.2. The lowest BCUT2D eigenvalue weighted by molar-refractivity contribution is 0.977. The SMILES string of the molecule is C=CCCc1cnc(N2C(=C)Cc3cnc4cc(CC)c(C5=CCN=C5)cc4c32)c(C)c1.CC.CC.CC. The molecule has 5 rings (SSSR count). The van der Waals surface area contributed by atoms with Crippen LogP contribution < -0.4 is 4.90 Å². The molecule has 1 aromatic carbocycles. The summed E-state index contributed by atoms with van der Waals surface area (Å²) in [5.41, 5.74) is 10.5. The highest BCUT2D eigenvalue weighted by molar-refractivity contribution is 6.13. The van der Waals surface area contributed by atoms with Crippen LogP contribution in [0.1, 0.15) is 82.7 Å². The molecular weight excluding hydrogens is 464 g/mol. The smallest absolute Gasteiger partial charge is 0.140 e. The van der Waals surface area contributed by atoms with Gasteiger partial charge in [-0.1, -0.05) is 73.3 Å². The summed E-state index contributed by atoms with van der Waals surface area (Å²) in [6.45, 7) is 25.3. The van der Waals surface area contributed by atoms with E-state index >= 15 is 0 Å². The van der Waals surface area contributed by atoms with Crippen molar-refractivity contribution in [3.63, 3.8) is 0 Å². The second kappa shape index (κ2) is 15.0. The van der Waals surface area contributed by atoms with Crippen LogP contribution in [-0.4, -0.2) is 22.7 Å². The van der Waals surface area contributed by atoms with Crippen molar-refractivity contribution >= 4 is 34.2 Å². The second-order valence-electron chi connectivity index (χ2n) is 8.56. The normalized spacial score (nSPS) is 13.0. The maximum Gasteiger partial charge on any atom is 0.140 e. The molecule has 0 fully saturated rings. The number of hydrogen-bond donors (Lipinski definition) is 0. The van der Waals surface area contributed by atoms with E-state index in [1.54, 1.807) is 0 Å². The predicted molar refractivity (Wildman–Crippen MR) is 169 cm³/mol. The summed E-state index contributed by atoms with van der Waals surface area (Å²) in [5, 5.41) is 1.14. The van der Waals surface area contributed by atoms with Gasteiger partial charge in [0.25, 0.3) is 0 Å². The Bertz CT molecular complexity index is 1310. The number of allylic oxidation sites excluding steroid dienone is 3. The van der Waals surface area contributed by atoms with Gasteiger partial charge < -0.3 is 0 Å². The first kappa shape index (κ1) is 30.7. The van der Waals surface area contributed by atoms with E-state index in [4.69, 9.17) is 9.97 Å². The lowest BCUT2D eigenvalue weighted by atomic mass is 9.95. The van der Waals surface area contributed by atoms with Crippen molar-refractivity contribution < 1.29 is 0 Å². The number of nitrogens with zero attached hydrogens (tertiary/aromatic N) is 4. The summed E-state index contributed by atoms with van der Waals surface area (Å²) in [5.74, 6) is 0.950. The highest BCUT2D eigenvalue weighted by Crippen LogP contribution is 2.45. The molecule has 0 amide bonds. The van der Waals surface area contributed by atoms with Crippen LogP contribution in [0.2, 0.25) is 0 Å². The largest absolute Gasteiger partial charge is 0.298 e. The Morgan fingerprint density at radius 1 is 1.00 bits per heavy atom. The molecule has 0 bridgehead atoms. The van der Waals surface area contributed by atoms with Crippen LogP contribution in [0.3, 0.4) is 0 Å². The fraction of sp³-hybridized carbons (Fsp3) is 0.382. The summed E-state index contributed by atoms with van der Waals surface area (Å²) < 4.78 is 0. The first-order valence-electron chi connectivity index (χ1n) is 14.3. The molecule has 0 saturated carbocycles. The number of pyridine rings is 2. The number of benzene rings is 1. The third-order valence-electron chi connectivity index (χ3n) is 6.37. The van der Waals surface area contributed by atoms with Gasteiger partial charge >= 0.3 is 0 Å². The van der Waals surface area contributed by atoms with E-state index in [2.05, 4.69) is 61.2 Å². The van der Waals surface area contributed by atoms with E-state index in [-0.39, 0.29) is 0 Å². The van der Waals surface area contributed by atoms with Crippen molar-refractivity contribution in [2.75, 3.05) is 11.4 Å². The molecule has 2 aliphatic rings. The van der Waals surface area contributed by atoms with Gasteiger partial charge in [-0.15, -0.1) is 6.58 Å². The first-order chi connectivity index (χ1) is 18.6. The summed E-state index contributed by atoms with van der Waals surface area (Å²) in [6.07, 6.45) is 13.8. The Kier molecular flexibility index (Phi) is 12.1. The van der Waals surface area contributed by atoms with Gasteiger partial charge in [-0.2, -0.15) is 0 Å². The average molecular weight is 511 g/mol. The van der Waals surface area contributed by atoms with Crippen LogP contribution in [0.4, 0.5) is 11.5 Å². The third kappa shape index (κ3) is 6.30. The molecule has 3 aromatic rings. The summed E-state index contributed by atoms with van der Waals surface area (Å²) in [7, 11) is 0. The lowest BCUT2D eigenvalue weighted by Crippen LogP contribution is -2.14. The fourth-order valence-corrected chi connectivity index (χ4v) is 4.78. The Morgan fingerprint density at radius 3 is 2.34 bits per heavy atom. The molecule has 4 heterocycles. The van der Waals surface area contributed by atoms with Gasteiger partial charge in [0.1, 0.15) is 5.82 Å². The average Bonchev–Trinajstić information content (AvgIpc) is 3.62. The van der Waals surface area contributed by atoms with Gasteiger partial charge in [0.05, 0.1) is 17.7 Å². The van der Waals surface area contributed by atoms with Crippen molar-refractivity contribution in [2.45, 2.75) is 81.1 Å². The Morgan fingerprint density at radius 2 is 1.74 bits per heavy atom. The van der Waals surface area contributed by atoms with E-state index in [0.717, 1.165) is 65.9 Å². The number of anilines is 2. The first-order valence-corrected chi connectivity index (χ1v) is 14.3. The molecule has 0 aliphatic carbocycles. The summed E-state index contributed by atoms with van der Waals surface area (Å²) in [4.78, 5) is 16.3. The van der Waals surface area contributed by atoms with E-state index in [9.17, 15) is 0 Å². The molecule has 202 valence electrons. The van der Waals surface area contributed by atoms with Crippen LogP contribution in [0, 0.1) is 6.92 Å². The van der Waals surface area contributed by atoms with Crippen LogP contribution in [0.25, 0.3) is 16.5 Å². The van der Waals surface area contributed by atoms with Gasteiger partial charge in [-0.05, 0) is 66.1 Å². The monoisotopic (exact) mass is 510 g/mol. The maximum atomic E-state index is 4.88. The number of rotatable bonds is 6. The standard InChI is InChI=1S/C28H28N4.3C2H6/c1-5-7-8-20-11-18(3)28(31-15-20)32-19(4)12-23-17-30-26-13-21(6-2)24(14-25(26)27(23)32)22-9-10-29-16-22;3*1-2/h5,9,11,13-17H,1,4,6-8,10,12H2,2-3H3;3*1-2H3. The molecule has 0 atom stereocenters. The van der Waals surface area contributed by atoms with E-state index < -0.39 is 0 Å². The molecule has 2 aromatic heterocycles. The van der Waals surface area contributed by atoms with E-state index in [0.29, 0.717) is 0 Å². The molecule has 0 radical (unpaired) electrons. The molecule has 4 nitrogen and oxygen atoms in total. The Balaban J connectivity index is 0.000000791. The van der Waals surface area contributed by atoms with Crippen molar-refractivity contribution in [3.8, 4) is 0 Å². The summed E-state index contributed by atoms with van der Waals surface area (Å²) >= 11 is 0. The second-order valence-corrected chi connectivity index (χ2v) is 8.56. The zero-order valence-corrected chi connectivity index (χ0v) is 24.9. The molecule has 0 saturated heterocycles. The van der Waals surface area contributed by atoms with E-state index in [1.165, 1.54) is 27.8 Å². The Hall–Kier alpha value is -3.53. The van der Waals surface area contributed by atoms with Gasteiger partial charge in [-0.3, -0.25) is 14.9 Å². The fourth-order valence-electron chi connectivity index (χ4n) is 4.78. The predicted octanol–water partition coefficient (Wildman–Crippen LogP) is 9.37. The zero-order chi connectivity index (χ0) is 28.2. The highest BCUT2D eigenvalue weighted by Gasteiger charge is 2.29. The van der Waals surface area contributed by atoms with Crippen LogP contribution in [0.15, 0.2) is 66.6 Å². The number of aliphatic imine (C=N–C) groups is 1. The Labute approximate surface area is 231 Å².